The summed E-state index contributed by atoms with van der Waals surface area (Å²) >= 11 is 1.56. The number of hydrogen-bond acceptors (Lipinski definition) is 6. The molecule has 1 aromatic heterocycles. The first kappa shape index (κ1) is 18.0. The summed E-state index contributed by atoms with van der Waals surface area (Å²) in [6.07, 6.45) is 5.32. The molecule has 4 fully saturated rings. The lowest BCUT2D eigenvalue weighted by Crippen LogP contribution is -2.61. The molecule has 148 valence electrons. The van der Waals surface area contributed by atoms with Crippen LogP contribution in [-0.4, -0.2) is 77.8 Å². The molecule has 27 heavy (non-hydrogen) atoms. The maximum absolute atomic E-state index is 13.0. The van der Waals surface area contributed by atoms with Crippen LogP contribution >= 0.6 is 11.3 Å². The van der Waals surface area contributed by atoms with Crippen molar-refractivity contribution in [1.82, 2.24) is 14.8 Å². The predicted octanol–water partition coefficient (Wildman–Crippen LogP) is 2.33. The smallest absolute Gasteiger partial charge is 0.273 e. The van der Waals surface area contributed by atoms with Crippen molar-refractivity contribution >= 4 is 17.2 Å². The lowest BCUT2D eigenvalue weighted by Gasteiger charge is -2.50. The Bertz CT molecular complexity index is 688. The summed E-state index contributed by atoms with van der Waals surface area (Å²) in [5.41, 5.74) is 0.552. The quantitative estimate of drug-likeness (QED) is 0.792. The largest absolute Gasteiger partial charge is 0.381 e. The van der Waals surface area contributed by atoms with E-state index in [1.165, 1.54) is 6.42 Å². The Labute approximate surface area is 164 Å². The molecule has 6 nitrogen and oxygen atoms in total. The van der Waals surface area contributed by atoms with E-state index in [2.05, 4.69) is 14.8 Å². The van der Waals surface area contributed by atoms with Gasteiger partial charge in [-0.3, -0.25) is 9.69 Å². The highest BCUT2D eigenvalue weighted by molar-refractivity contribution is 7.09. The third-order valence-corrected chi connectivity index (χ3v) is 7.55. The molecule has 1 aromatic rings. The molecule has 7 heteroatoms. The molecule has 0 aromatic carbocycles. The Morgan fingerprint density at radius 3 is 2.78 bits per heavy atom. The first-order valence-electron chi connectivity index (χ1n) is 10.3. The normalized spacial score (nSPS) is 36.6. The fourth-order valence-corrected chi connectivity index (χ4v) is 6.24. The molecule has 2 unspecified atom stereocenters. The van der Waals surface area contributed by atoms with Gasteiger partial charge in [-0.1, -0.05) is 0 Å². The van der Waals surface area contributed by atoms with E-state index >= 15 is 0 Å². The lowest BCUT2D eigenvalue weighted by atomic mass is 9.84. The summed E-state index contributed by atoms with van der Waals surface area (Å²) in [5.74, 6) is 0.795. The number of rotatable bonds is 3. The van der Waals surface area contributed by atoms with Crippen molar-refractivity contribution in [3.8, 4) is 0 Å². The van der Waals surface area contributed by atoms with Crippen molar-refractivity contribution in [1.29, 1.82) is 0 Å². The van der Waals surface area contributed by atoms with Crippen LogP contribution in [0.25, 0.3) is 0 Å². The van der Waals surface area contributed by atoms with Crippen LogP contribution in [0.4, 0.5) is 0 Å². The van der Waals surface area contributed by atoms with Gasteiger partial charge >= 0.3 is 0 Å². The number of piperidine rings is 1. The van der Waals surface area contributed by atoms with E-state index in [9.17, 15) is 4.79 Å². The molecule has 2 bridgehead atoms. The number of hydrogen-bond donors (Lipinski definition) is 0. The maximum Gasteiger partial charge on any atom is 0.273 e. The Morgan fingerprint density at radius 2 is 2.11 bits per heavy atom. The first-order valence-corrected chi connectivity index (χ1v) is 11.2. The van der Waals surface area contributed by atoms with Crippen LogP contribution in [0, 0.1) is 12.8 Å². The van der Waals surface area contributed by atoms with Gasteiger partial charge in [0, 0.05) is 43.7 Å². The number of aromatic nitrogens is 1. The van der Waals surface area contributed by atoms with Gasteiger partial charge in [-0.05, 0) is 44.9 Å². The molecule has 0 N–H and O–H groups in total. The molecule has 1 amide bonds. The average Bonchev–Trinajstić information content (AvgIpc) is 3.36. The molecule has 5 rings (SSSR count). The van der Waals surface area contributed by atoms with Crippen molar-refractivity contribution in [2.45, 2.75) is 56.7 Å². The van der Waals surface area contributed by atoms with Gasteiger partial charge < -0.3 is 14.4 Å². The van der Waals surface area contributed by atoms with Gasteiger partial charge in [-0.2, -0.15) is 0 Å². The standard InChI is InChI=1S/C20H29N3O3S/c1-14-21-18(12-27-14)19(24)23-16-2-3-17(23)9-20(8-16)13-22(5-7-26-20)10-15-4-6-25-11-15/h12,15-17H,2-11,13H2,1H3/t15?,16-,17+,20?. The minimum atomic E-state index is -0.0711. The maximum atomic E-state index is 13.0. The highest BCUT2D eigenvalue weighted by Crippen LogP contribution is 2.44. The van der Waals surface area contributed by atoms with Gasteiger partial charge in [0.05, 0.1) is 23.8 Å². The molecule has 4 atom stereocenters. The molecule has 4 saturated heterocycles. The number of nitrogens with zero attached hydrogens (tertiary/aromatic N) is 3. The van der Waals surface area contributed by atoms with Crippen LogP contribution in [0.15, 0.2) is 5.38 Å². The third-order valence-electron chi connectivity index (χ3n) is 6.78. The summed E-state index contributed by atoms with van der Waals surface area (Å²) in [7, 11) is 0. The zero-order valence-corrected chi connectivity index (χ0v) is 16.9. The lowest BCUT2D eigenvalue weighted by molar-refractivity contribution is -0.146. The van der Waals surface area contributed by atoms with Crippen molar-refractivity contribution < 1.29 is 14.3 Å². The van der Waals surface area contributed by atoms with E-state index in [0.717, 1.165) is 70.1 Å². The van der Waals surface area contributed by atoms with Crippen LogP contribution in [0.1, 0.15) is 47.6 Å². The molecule has 0 saturated carbocycles. The Balaban J connectivity index is 1.28. The van der Waals surface area contributed by atoms with Crippen LogP contribution in [0.5, 0.6) is 0 Å². The number of thiazole rings is 1. The fraction of sp³-hybridized carbons (Fsp3) is 0.800. The van der Waals surface area contributed by atoms with Gasteiger partial charge in [-0.25, -0.2) is 4.98 Å². The van der Waals surface area contributed by atoms with E-state index in [0.29, 0.717) is 23.7 Å². The highest BCUT2D eigenvalue weighted by atomic mass is 32.1. The van der Waals surface area contributed by atoms with Crippen LogP contribution < -0.4 is 0 Å². The monoisotopic (exact) mass is 391 g/mol. The van der Waals surface area contributed by atoms with Gasteiger partial charge in [0.25, 0.3) is 5.91 Å². The number of amides is 1. The Kier molecular flexibility index (Phi) is 4.74. The van der Waals surface area contributed by atoms with Gasteiger partial charge in [-0.15, -0.1) is 11.3 Å². The fourth-order valence-electron chi connectivity index (χ4n) is 5.65. The van der Waals surface area contributed by atoms with E-state index in [1.54, 1.807) is 11.3 Å². The molecule has 4 aliphatic heterocycles. The van der Waals surface area contributed by atoms with Crippen molar-refractivity contribution in [3.63, 3.8) is 0 Å². The molecule has 4 aliphatic rings. The Morgan fingerprint density at radius 1 is 1.30 bits per heavy atom. The second-order valence-corrected chi connectivity index (χ2v) is 9.82. The second kappa shape index (κ2) is 7.10. The third kappa shape index (κ3) is 3.43. The topological polar surface area (TPSA) is 54.9 Å². The zero-order valence-electron chi connectivity index (χ0n) is 16.1. The van der Waals surface area contributed by atoms with E-state index in [4.69, 9.17) is 9.47 Å². The predicted molar refractivity (Wildman–Crippen MR) is 103 cm³/mol. The highest BCUT2D eigenvalue weighted by Gasteiger charge is 2.52. The van der Waals surface area contributed by atoms with Crippen LogP contribution in [0.3, 0.4) is 0 Å². The van der Waals surface area contributed by atoms with Crippen molar-refractivity contribution in [2.75, 3.05) is 39.5 Å². The van der Waals surface area contributed by atoms with E-state index in [-0.39, 0.29) is 11.5 Å². The number of aryl methyl sites for hydroxylation is 1. The van der Waals surface area contributed by atoms with E-state index < -0.39 is 0 Å². The number of ether oxygens (including phenoxy) is 2. The number of carbonyl (C=O) groups excluding carboxylic acids is 1. The first-order chi connectivity index (χ1) is 13.1. The van der Waals surface area contributed by atoms with Crippen LogP contribution in [-0.2, 0) is 9.47 Å². The van der Waals surface area contributed by atoms with Gasteiger partial charge in [0.1, 0.15) is 5.69 Å². The number of carbonyl (C=O) groups is 1. The SMILES string of the molecule is Cc1nc(C(=O)N2[C@@H]3CC[C@H]2CC2(C3)CN(CC3CCOC3)CCO2)cs1. The molecule has 1 spiro atoms. The molecular formula is C20H29N3O3S. The van der Waals surface area contributed by atoms with Gasteiger partial charge in [0.2, 0.25) is 0 Å². The molecular weight excluding hydrogens is 362 g/mol. The second-order valence-electron chi connectivity index (χ2n) is 8.75. The van der Waals surface area contributed by atoms with Crippen molar-refractivity contribution in [2.24, 2.45) is 5.92 Å². The summed E-state index contributed by atoms with van der Waals surface area (Å²) in [5, 5.41) is 2.87. The number of morpholine rings is 1. The Hall–Kier alpha value is -1.02. The van der Waals surface area contributed by atoms with Gasteiger partial charge in [0.15, 0.2) is 0 Å². The summed E-state index contributed by atoms with van der Waals surface area (Å²) in [4.78, 5) is 22.2. The minimum Gasteiger partial charge on any atom is -0.381 e. The minimum absolute atomic E-state index is 0.0711. The van der Waals surface area contributed by atoms with Crippen LogP contribution in [0.2, 0.25) is 0 Å². The summed E-state index contributed by atoms with van der Waals surface area (Å²) in [6.45, 7) is 7.75. The molecule has 5 heterocycles. The van der Waals surface area contributed by atoms with Crippen molar-refractivity contribution in [3.05, 3.63) is 16.1 Å². The van der Waals surface area contributed by atoms with E-state index in [1.807, 2.05) is 12.3 Å². The molecule has 0 aliphatic carbocycles. The zero-order chi connectivity index (χ0) is 18.4. The summed E-state index contributed by atoms with van der Waals surface area (Å²) in [6, 6.07) is 0.598. The average molecular weight is 392 g/mol. The molecule has 0 radical (unpaired) electrons. The summed E-state index contributed by atoms with van der Waals surface area (Å²) < 4.78 is 12.0. The number of fused-ring (bicyclic) bond motifs is 2.